The zero-order chi connectivity index (χ0) is 26.1. The fraction of sp³-hybridized carbons (Fsp3) is 0.207. The first-order valence-corrected chi connectivity index (χ1v) is 12.0. The molecule has 5 rings (SSSR count). The molecule has 8 heteroatoms. The van der Waals surface area contributed by atoms with E-state index in [1.165, 1.54) is 24.8 Å². The van der Waals surface area contributed by atoms with Gasteiger partial charge in [0.2, 0.25) is 5.82 Å². The van der Waals surface area contributed by atoms with Crippen molar-refractivity contribution in [3.63, 3.8) is 0 Å². The van der Waals surface area contributed by atoms with E-state index in [2.05, 4.69) is 22.4 Å². The van der Waals surface area contributed by atoms with Crippen LogP contribution in [0.4, 0.5) is 14.9 Å². The Kier molecular flexibility index (Phi) is 6.48. The van der Waals surface area contributed by atoms with Gasteiger partial charge in [-0.2, -0.15) is 4.98 Å². The van der Waals surface area contributed by atoms with Crippen LogP contribution in [0.1, 0.15) is 42.5 Å². The van der Waals surface area contributed by atoms with Crippen molar-refractivity contribution in [2.45, 2.75) is 33.2 Å². The van der Waals surface area contributed by atoms with E-state index in [4.69, 9.17) is 9.26 Å². The number of urea groups is 1. The number of carbonyl (C=O) groups excluding carboxylic acids is 1. The number of rotatable bonds is 6. The molecule has 1 atom stereocenters. The normalized spacial score (nSPS) is 15.6. The molecule has 1 N–H and O–H groups in total. The molecule has 0 radical (unpaired) electrons. The number of amides is 2. The Morgan fingerprint density at radius 2 is 1.78 bits per heavy atom. The second kappa shape index (κ2) is 9.89. The molecular weight excluding hydrogens is 471 g/mol. The third-order valence-corrected chi connectivity index (χ3v) is 6.56. The van der Waals surface area contributed by atoms with Gasteiger partial charge in [0.05, 0.1) is 24.4 Å². The van der Waals surface area contributed by atoms with E-state index in [1.54, 1.807) is 11.0 Å². The van der Waals surface area contributed by atoms with E-state index in [9.17, 15) is 9.18 Å². The second-order valence-corrected chi connectivity index (χ2v) is 8.92. The van der Waals surface area contributed by atoms with E-state index in [1.807, 2.05) is 62.4 Å². The standard InChI is InChI=1S/C29H27FN4O3/c1-5-19-8-13-22(14-9-19)34-18(3)25(26(31-29(34)35)20-10-6-17(2)7-11-20)28-32-27(33-37-28)21-12-15-24(36-4)23(30)16-21/h6-16,26H,5H2,1-4H3,(H,31,35). The number of nitrogens with one attached hydrogen (secondary N) is 1. The first-order valence-electron chi connectivity index (χ1n) is 12.0. The van der Waals surface area contributed by atoms with Gasteiger partial charge in [-0.1, -0.05) is 54.0 Å². The van der Waals surface area contributed by atoms with E-state index in [0.29, 0.717) is 16.8 Å². The summed E-state index contributed by atoms with van der Waals surface area (Å²) in [4.78, 5) is 19.6. The third-order valence-electron chi connectivity index (χ3n) is 6.56. The molecule has 1 aliphatic rings. The Hall–Kier alpha value is -4.46. The number of hydrogen-bond acceptors (Lipinski definition) is 5. The van der Waals surface area contributed by atoms with Crippen molar-refractivity contribution >= 4 is 17.3 Å². The number of halogens is 1. The third kappa shape index (κ3) is 4.58. The van der Waals surface area contributed by atoms with Gasteiger partial charge in [-0.3, -0.25) is 4.90 Å². The highest BCUT2D eigenvalue weighted by molar-refractivity contribution is 6.01. The number of carbonyl (C=O) groups is 1. The SMILES string of the molecule is CCc1ccc(N2C(=O)NC(c3ccc(C)cc3)C(c3nc(-c4ccc(OC)c(F)c4)no3)=C2C)cc1. The van der Waals surface area contributed by atoms with Crippen molar-refractivity contribution in [3.05, 3.63) is 101 Å². The topological polar surface area (TPSA) is 80.5 Å². The molecule has 2 heterocycles. The minimum absolute atomic E-state index is 0.130. The van der Waals surface area contributed by atoms with Gasteiger partial charge in [0, 0.05) is 11.3 Å². The quantitative estimate of drug-likeness (QED) is 0.330. The summed E-state index contributed by atoms with van der Waals surface area (Å²) in [6.45, 7) is 5.95. The van der Waals surface area contributed by atoms with Gasteiger partial charge < -0.3 is 14.6 Å². The maximum absolute atomic E-state index is 14.3. The van der Waals surface area contributed by atoms with Crippen LogP contribution in [-0.4, -0.2) is 23.3 Å². The lowest BCUT2D eigenvalue weighted by molar-refractivity contribution is 0.244. The average Bonchev–Trinajstić information content (AvgIpc) is 3.39. The highest BCUT2D eigenvalue weighted by Gasteiger charge is 2.36. The molecule has 2 amide bonds. The summed E-state index contributed by atoms with van der Waals surface area (Å²) in [5.41, 5.74) is 5.66. The van der Waals surface area contributed by atoms with Gasteiger partial charge in [-0.25, -0.2) is 9.18 Å². The molecule has 0 fully saturated rings. The number of hydrogen-bond donors (Lipinski definition) is 1. The van der Waals surface area contributed by atoms with Gasteiger partial charge in [0.25, 0.3) is 5.89 Å². The van der Waals surface area contributed by atoms with Crippen LogP contribution in [0.5, 0.6) is 5.75 Å². The zero-order valence-corrected chi connectivity index (χ0v) is 21.1. The summed E-state index contributed by atoms with van der Waals surface area (Å²) >= 11 is 0. The number of benzene rings is 3. The number of aromatic nitrogens is 2. The summed E-state index contributed by atoms with van der Waals surface area (Å²) in [6.07, 6.45) is 0.902. The van der Waals surface area contributed by atoms with Crippen molar-refractivity contribution < 1.29 is 18.4 Å². The summed E-state index contributed by atoms with van der Waals surface area (Å²) < 4.78 is 25.1. The van der Waals surface area contributed by atoms with Crippen molar-refractivity contribution in [1.29, 1.82) is 0 Å². The monoisotopic (exact) mass is 498 g/mol. The molecule has 188 valence electrons. The largest absolute Gasteiger partial charge is 0.494 e. The maximum atomic E-state index is 14.3. The minimum Gasteiger partial charge on any atom is -0.494 e. The molecule has 1 unspecified atom stereocenters. The van der Waals surface area contributed by atoms with Gasteiger partial charge in [-0.15, -0.1) is 0 Å². The van der Waals surface area contributed by atoms with Crippen LogP contribution in [0.15, 0.2) is 77.0 Å². The van der Waals surface area contributed by atoms with E-state index in [0.717, 1.165) is 23.2 Å². The number of anilines is 1. The molecule has 0 spiro atoms. The van der Waals surface area contributed by atoms with Gasteiger partial charge in [0.15, 0.2) is 11.6 Å². The first-order chi connectivity index (χ1) is 17.9. The first kappa shape index (κ1) is 24.2. The Labute approximate surface area is 214 Å². The Morgan fingerprint density at radius 3 is 2.43 bits per heavy atom. The molecular formula is C29H27FN4O3. The van der Waals surface area contributed by atoms with Crippen LogP contribution < -0.4 is 15.0 Å². The van der Waals surface area contributed by atoms with Gasteiger partial charge in [-0.05, 0) is 61.7 Å². The van der Waals surface area contributed by atoms with E-state index >= 15 is 0 Å². The molecule has 0 saturated carbocycles. The number of aryl methyl sites for hydroxylation is 2. The predicted molar refractivity (Wildman–Crippen MR) is 140 cm³/mol. The van der Waals surface area contributed by atoms with Crippen molar-refractivity contribution in [1.82, 2.24) is 15.5 Å². The van der Waals surface area contributed by atoms with Crippen molar-refractivity contribution in [3.8, 4) is 17.1 Å². The number of nitrogens with zero attached hydrogens (tertiary/aromatic N) is 3. The molecule has 37 heavy (non-hydrogen) atoms. The van der Waals surface area contributed by atoms with Crippen LogP contribution >= 0.6 is 0 Å². The highest BCUT2D eigenvalue weighted by Crippen LogP contribution is 2.39. The maximum Gasteiger partial charge on any atom is 0.326 e. The number of ether oxygens (including phenoxy) is 1. The van der Waals surface area contributed by atoms with E-state index in [-0.39, 0.29) is 23.5 Å². The lowest BCUT2D eigenvalue weighted by Gasteiger charge is -2.35. The Bertz CT molecular complexity index is 1480. The molecule has 0 aliphatic carbocycles. The molecule has 7 nitrogen and oxygen atoms in total. The Morgan fingerprint density at radius 1 is 1.05 bits per heavy atom. The summed E-state index contributed by atoms with van der Waals surface area (Å²) in [7, 11) is 1.41. The molecule has 3 aromatic carbocycles. The fourth-order valence-electron chi connectivity index (χ4n) is 4.48. The minimum atomic E-state index is -0.522. The summed E-state index contributed by atoms with van der Waals surface area (Å²) in [6, 6.07) is 19.5. The van der Waals surface area contributed by atoms with Gasteiger partial charge >= 0.3 is 6.03 Å². The fourth-order valence-corrected chi connectivity index (χ4v) is 4.48. The van der Waals surface area contributed by atoms with Crippen LogP contribution in [0.2, 0.25) is 0 Å². The molecule has 0 saturated heterocycles. The van der Waals surface area contributed by atoms with Gasteiger partial charge in [0.1, 0.15) is 0 Å². The van der Waals surface area contributed by atoms with E-state index < -0.39 is 11.9 Å². The lowest BCUT2D eigenvalue weighted by Crippen LogP contribution is -2.46. The summed E-state index contributed by atoms with van der Waals surface area (Å²) in [5.74, 6) is 0.0795. The number of allylic oxidation sites excluding steroid dienone is 1. The van der Waals surface area contributed by atoms with Crippen LogP contribution in [0.3, 0.4) is 0 Å². The molecule has 0 bridgehead atoms. The Balaban J connectivity index is 1.62. The predicted octanol–water partition coefficient (Wildman–Crippen LogP) is 6.46. The number of methoxy groups -OCH3 is 1. The molecule has 4 aromatic rings. The highest BCUT2D eigenvalue weighted by atomic mass is 19.1. The summed E-state index contributed by atoms with van der Waals surface area (Å²) in [5, 5.41) is 7.22. The molecule has 1 aliphatic heterocycles. The smallest absolute Gasteiger partial charge is 0.326 e. The average molecular weight is 499 g/mol. The lowest BCUT2D eigenvalue weighted by atomic mass is 9.94. The van der Waals surface area contributed by atoms with Crippen LogP contribution in [0.25, 0.3) is 17.0 Å². The van der Waals surface area contributed by atoms with Crippen LogP contribution in [0, 0.1) is 12.7 Å². The second-order valence-electron chi connectivity index (χ2n) is 8.92. The van der Waals surface area contributed by atoms with Crippen molar-refractivity contribution in [2.75, 3.05) is 12.0 Å². The van der Waals surface area contributed by atoms with Crippen LogP contribution in [-0.2, 0) is 6.42 Å². The zero-order valence-electron chi connectivity index (χ0n) is 21.1. The van der Waals surface area contributed by atoms with Crippen molar-refractivity contribution in [2.24, 2.45) is 0 Å². The molecule has 1 aromatic heterocycles.